The smallest absolute Gasteiger partial charge is 0.0492 e. The molecular formula is C14H16BrN3S. The molecule has 2 aromatic rings. The zero-order valence-electron chi connectivity index (χ0n) is 10.6. The van der Waals surface area contributed by atoms with E-state index >= 15 is 0 Å². The summed E-state index contributed by atoms with van der Waals surface area (Å²) in [6.07, 6.45) is 3.81. The van der Waals surface area contributed by atoms with Crippen LogP contribution in [0.3, 0.4) is 0 Å². The van der Waals surface area contributed by atoms with Crippen LogP contribution in [0.2, 0.25) is 0 Å². The summed E-state index contributed by atoms with van der Waals surface area (Å²) in [5.41, 5.74) is 1.30. The number of aromatic nitrogens is 1. The van der Waals surface area contributed by atoms with Crippen LogP contribution in [0.5, 0.6) is 0 Å². The molecule has 0 aliphatic carbocycles. The van der Waals surface area contributed by atoms with Gasteiger partial charge in [0.2, 0.25) is 0 Å². The Bertz CT molecular complexity index is 528. The zero-order chi connectivity index (χ0) is 13.1. The maximum Gasteiger partial charge on any atom is 0.0492 e. The second-order valence-corrected chi connectivity index (χ2v) is 6.62. The van der Waals surface area contributed by atoms with Crippen molar-refractivity contribution >= 4 is 27.3 Å². The fourth-order valence-corrected chi connectivity index (χ4v) is 3.95. The second-order valence-electron chi connectivity index (χ2n) is 4.71. The van der Waals surface area contributed by atoms with Crippen LogP contribution in [-0.4, -0.2) is 29.5 Å². The molecule has 0 bridgehead atoms. The summed E-state index contributed by atoms with van der Waals surface area (Å²) in [5.74, 6) is 0. The molecule has 2 aromatic heterocycles. The van der Waals surface area contributed by atoms with Crippen molar-refractivity contribution in [3.63, 3.8) is 0 Å². The van der Waals surface area contributed by atoms with Gasteiger partial charge >= 0.3 is 0 Å². The van der Waals surface area contributed by atoms with Crippen LogP contribution < -0.4 is 5.32 Å². The maximum absolute atomic E-state index is 4.25. The molecule has 1 N–H and O–H groups in total. The van der Waals surface area contributed by atoms with Crippen LogP contribution in [0.25, 0.3) is 0 Å². The van der Waals surface area contributed by atoms with E-state index in [4.69, 9.17) is 0 Å². The highest BCUT2D eigenvalue weighted by Gasteiger charge is 2.24. The Kier molecular flexibility index (Phi) is 4.28. The lowest BCUT2D eigenvalue weighted by molar-refractivity contribution is 0.155. The SMILES string of the molecule is Brc1csc(CN2CCNCC2c2cccnc2)c1. The molecule has 1 fully saturated rings. The van der Waals surface area contributed by atoms with Crippen molar-refractivity contribution in [2.45, 2.75) is 12.6 Å². The largest absolute Gasteiger partial charge is 0.314 e. The van der Waals surface area contributed by atoms with Crippen molar-refractivity contribution < 1.29 is 0 Å². The van der Waals surface area contributed by atoms with Gasteiger partial charge in [0.05, 0.1) is 0 Å². The average Bonchev–Trinajstić information content (AvgIpc) is 2.86. The molecule has 5 heteroatoms. The fraction of sp³-hybridized carbons (Fsp3) is 0.357. The summed E-state index contributed by atoms with van der Waals surface area (Å²) < 4.78 is 1.18. The van der Waals surface area contributed by atoms with Crippen molar-refractivity contribution in [1.82, 2.24) is 15.2 Å². The molecule has 0 aromatic carbocycles. The Hall–Kier alpha value is -0.750. The van der Waals surface area contributed by atoms with Crippen LogP contribution in [0.15, 0.2) is 40.4 Å². The number of piperazine rings is 1. The van der Waals surface area contributed by atoms with Crippen LogP contribution in [0.1, 0.15) is 16.5 Å². The van der Waals surface area contributed by atoms with E-state index in [2.05, 4.69) is 48.6 Å². The normalized spacial score (nSPS) is 20.6. The van der Waals surface area contributed by atoms with Gasteiger partial charge in [-0.05, 0) is 33.6 Å². The van der Waals surface area contributed by atoms with E-state index in [1.54, 1.807) is 0 Å². The number of nitrogens with one attached hydrogen (secondary N) is 1. The molecular weight excluding hydrogens is 322 g/mol. The first-order valence-electron chi connectivity index (χ1n) is 6.40. The molecule has 3 heterocycles. The van der Waals surface area contributed by atoms with E-state index < -0.39 is 0 Å². The third kappa shape index (κ3) is 3.23. The van der Waals surface area contributed by atoms with Crippen molar-refractivity contribution in [3.8, 4) is 0 Å². The van der Waals surface area contributed by atoms with Gasteiger partial charge in [-0.2, -0.15) is 0 Å². The topological polar surface area (TPSA) is 28.2 Å². The van der Waals surface area contributed by atoms with E-state index in [0.717, 1.165) is 26.2 Å². The molecule has 1 aliphatic rings. The Morgan fingerprint density at radius 1 is 1.53 bits per heavy atom. The minimum absolute atomic E-state index is 0.420. The molecule has 3 rings (SSSR count). The minimum Gasteiger partial charge on any atom is -0.314 e. The summed E-state index contributed by atoms with van der Waals surface area (Å²) in [6, 6.07) is 6.82. The Balaban J connectivity index is 1.77. The quantitative estimate of drug-likeness (QED) is 0.932. The molecule has 0 radical (unpaired) electrons. The fourth-order valence-electron chi connectivity index (χ4n) is 2.47. The predicted molar refractivity (Wildman–Crippen MR) is 82.3 cm³/mol. The minimum atomic E-state index is 0.420. The molecule has 1 unspecified atom stereocenters. The first-order valence-corrected chi connectivity index (χ1v) is 8.08. The Labute approximate surface area is 125 Å². The van der Waals surface area contributed by atoms with E-state index in [1.807, 2.05) is 29.8 Å². The van der Waals surface area contributed by atoms with E-state index in [-0.39, 0.29) is 0 Å². The first-order chi connectivity index (χ1) is 9.33. The van der Waals surface area contributed by atoms with Gasteiger partial charge < -0.3 is 5.32 Å². The number of nitrogens with zero attached hydrogens (tertiary/aromatic N) is 2. The van der Waals surface area contributed by atoms with E-state index in [9.17, 15) is 0 Å². The molecule has 100 valence electrons. The van der Waals surface area contributed by atoms with Crippen molar-refractivity contribution in [1.29, 1.82) is 0 Å². The number of pyridine rings is 1. The van der Waals surface area contributed by atoms with Gasteiger partial charge in [-0.25, -0.2) is 0 Å². The lowest BCUT2D eigenvalue weighted by atomic mass is 10.1. The number of halogens is 1. The average molecular weight is 338 g/mol. The number of rotatable bonds is 3. The monoisotopic (exact) mass is 337 g/mol. The highest BCUT2D eigenvalue weighted by molar-refractivity contribution is 9.10. The van der Waals surface area contributed by atoms with Crippen LogP contribution in [0, 0.1) is 0 Å². The molecule has 1 saturated heterocycles. The molecule has 0 amide bonds. The summed E-state index contributed by atoms with van der Waals surface area (Å²) >= 11 is 5.34. The number of thiophene rings is 1. The lowest BCUT2D eigenvalue weighted by Crippen LogP contribution is -2.45. The Morgan fingerprint density at radius 2 is 2.47 bits per heavy atom. The third-order valence-electron chi connectivity index (χ3n) is 3.40. The highest BCUT2D eigenvalue weighted by atomic mass is 79.9. The van der Waals surface area contributed by atoms with Gasteiger partial charge in [0.1, 0.15) is 0 Å². The summed E-state index contributed by atoms with van der Waals surface area (Å²) in [4.78, 5) is 8.18. The van der Waals surface area contributed by atoms with Gasteiger partial charge in [-0.1, -0.05) is 6.07 Å². The van der Waals surface area contributed by atoms with Crippen LogP contribution in [0.4, 0.5) is 0 Å². The second kappa shape index (κ2) is 6.13. The summed E-state index contributed by atoms with van der Waals surface area (Å²) in [6.45, 7) is 4.15. The van der Waals surface area contributed by atoms with Crippen molar-refractivity contribution in [3.05, 3.63) is 50.9 Å². The number of hydrogen-bond donors (Lipinski definition) is 1. The van der Waals surface area contributed by atoms with E-state index in [1.165, 1.54) is 14.9 Å². The third-order valence-corrected chi connectivity index (χ3v) is 5.09. The lowest BCUT2D eigenvalue weighted by Gasteiger charge is -2.36. The van der Waals surface area contributed by atoms with Gasteiger partial charge in [0.25, 0.3) is 0 Å². The van der Waals surface area contributed by atoms with E-state index in [0.29, 0.717) is 6.04 Å². The van der Waals surface area contributed by atoms with Crippen LogP contribution in [-0.2, 0) is 6.54 Å². The van der Waals surface area contributed by atoms with Gasteiger partial charge in [0, 0.05) is 59.3 Å². The summed E-state index contributed by atoms with van der Waals surface area (Å²) in [5, 5.41) is 5.63. The highest BCUT2D eigenvalue weighted by Crippen LogP contribution is 2.27. The van der Waals surface area contributed by atoms with Gasteiger partial charge in [-0.3, -0.25) is 9.88 Å². The standard InChI is InChI=1S/C14H16BrN3S/c15-12-6-13(19-10-12)9-18-5-4-17-8-14(18)11-2-1-3-16-7-11/h1-3,6-7,10,14,17H,4-5,8-9H2. The van der Waals surface area contributed by atoms with Crippen molar-refractivity contribution in [2.24, 2.45) is 0 Å². The molecule has 0 saturated carbocycles. The molecule has 1 atom stereocenters. The molecule has 0 spiro atoms. The van der Waals surface area contributed by atoms with Gasteiger partial charge in [-0.15, -0.1) is 11.3 Å². The molecule has 19 heavy (non-hydrogen) atoms. The Morgan fingerprint density at radius 3 is 3.21 bits per heavy atom. The number of hydrogen-bond acceptors (Lipinski definition) is 4. The maximum atomic E-state index is 4.25. The van der Waals surface area contributed by atoms with Gasteiger partial charge in [0.15, 0.2) is 0 Å². The molecule has 1 aliphatic heterocycles. The zero-order valence-corrected chi connectivity index (χ0v) is 13.0. The van der Waals surface area contributed by atoms with Crippen LogP contribution >= 0.6 is 27.3 Å². The predicted octanol–water partition coefficient (Wildman–Crippen LogP) is 3.05. The molecule has 3 nitrogen and oxygen atoms in total. The summed E-state index contributed by atoms with van der Waals surface area (Å²) in [7, 11) is 0. The first kappa shape index (κ1) is 13.2. The van der Waals surface area contributed by atoms with Crippen molar-refractivity contribution in [2.75, 3.05) is 19.6 Å².